The average molecular weight is 485 g/mol. The van der Waals surface area contributed by atoms with Crippen molar-refractivity contribution in [3.63, 3.8) is 0 Å². The summed E-state index contributed by atoms with van der Waals surface area (Å²) in [5.74, 6) is 2.84. The van der Waals surface area contributed by atoms with Crippen molar-refractivity contribution in [2.75, 3.05) is 24.6 Å². The van der Waals surface area contributed by atoms with Gasteiger partial charge >= 0.3 is 0 Å². The van der Waals surface area contributed by atoms with Crippen LogP contribution in [-0.4, -0.2) is 51.3 Å². The van der Waals surface area contributed by atoms with E-state index in [1.165, 1.54) is 0 Å². The third kappa shape index (κ3) is 3.22. The van der Waals surface area contributed by atoms with Gasteiger partial charge in [0.25, 0.3) is 0 Å². The highest BCUT2D eigenvalue weighted by Gasteiger charge is 2.38. The topological polar surface area (TPSA) is 98.3 Å². The molecule has 5 heterocycles. The number of amides is 1. The first-order valence-corrected chi connectivity index (χ1v) is 12.7. The molecule has 0 unspecified atom stereocenters. The van der Waals surface area contributed by atoms with E-state index in [1.807, 2.05) is 50.4 Å². The number of aromatic nitrogens is 4. The van der Waals surface area contributed by atoms with Crippen molar-refractivity contribution in [2.24, 2.45) is 5.92 Å². The first kappa shape index (κ1) is 21.4. The molecule has 3 aromatic heterocycles. The number of hydrogen-bond donors (Lipinski definition) is 1. The van der Waals surface area contributed by atoms with Crippen LogP contribution in [-0.2, 0) is 4.79 Å². The fourth-order valence-electron chi connectivity index (χ4n) is 5.62. The van der Waals surface area contributed by atoms with Gasteiger partial charge in [0.15, 0.2) is 5.75 Å². The van der Waals surface area contributed by atoms with Crippen LogP contribution in [0.1, 0.15) is 42.5 Å². The molecule has 3 aliphatic rings. The van der Waals surface area contributed by atoms with Gasteiger partial charge in [0.05, 0.1) is 28.5 Å². The highest BCUT2D eigenvalue weighted by atomic mass is 16.5. The van der Waals surface area contributed by atoms with Crippen LogP contribution >= 0.6 is 0 Å². The number of carbonyl (C=O) groups is 1. The van der Waals surface area contributed by atoms with Crippen molar-refractivity contribution in [3.05, 3.63) is 53.7 Å². The van der Waals surface area contributed by atoms with E-state index in [2.05, 4.69) is 24.9 Å². The molecule has 184 valence electrons. The molecule has 1 aromatic carbocycles. The fraction of sp³-hybridized carbons (Fsp3) is 0.407. The van der Waals surface area contributed by atoms with E-state index in [4.69, 9.17) is 14.2 Å². The zero-order valence-electron chi connectivity index (χ0n) is 20.4. The standard InChI is InChI=1S/C27H28N6O3/c1-15-23(16(2)36-31-15)19-9-10-21-24-25(19)35-14-22(20-8-3-4-11-28-20)33(24)27(30-21)32-12-18(13-32)29-26(34)17-6-5-7-17/h3-4,8-11,17-18,22H,5-7,12-14H2,1-2H3,(H,29,34)/t22-/m1/s1. The minimum atomic E-state index is -0.109. The first-order chi connectivity index (χ1) is 17.6. The summed E-state index contributed by atoms with van der Waals surface area (Å²) in [6.45, 7) is 5.79. The van der Waals surface area contributed by atoms with E-state index in [1.54, 1.807) is 0 Å². The van der Waals surface area contributed by atoms with Crippen molar-refractivity contribution >= 4 is 22.9 Å². The second-order valence-corrected chi connectivity index (χ2v) is 10.1. The molecule has 1 amide bonds. The predicted molar refractivity (Wildman–Crippen MR) is 134 cm³/mol. The quantitative estimate of drug-likeness (QED) is 0.460. The normalized spacial score (nSPS) is 19.6. The van der Waals surface area contributed by atoms with Gasteiger partial charge in [-0.05, 0) is 51.0 Å². The van der Waals surface area contributed by atoms with Crippen molar-refractivity contribution in [2.45, 2.75) is 45.2 Å². The molecule has 9 nitrogen and oxygen atoms in total. The number of nitrogens with one attached hydrogen (secondary N) is 1. The lowest BCUT2D eigenvalue weighted by Gasteiger charge is -2.42. The number of aryl methyl sites for hydroxylation is 2. The van der Waals surface area contributed by atoms with Gasteiger partial charge in [0.1, 0.15) is 23.9 Å². The molecule has 1 saturated heterocycles. The summed E-state index contributed by atoms with van der Waals surface area (Å²) in [6, 6.07) is 10.1. The molecular weight excluding hydrogens is 456 g/mol. The van der Waals surface area contributed by atoms with Gasteiger partial charge in [-0.25, -0.2) is 4.98 Å². The maximum atomic E-state index is 12.4. The van der Waals surface area contributed by atoms with Gasteiger partial charge in [0, 0.05) is 30.8 Å². The van der Waals surface area contributed by atoms with E-state index in [0.717, 1.165) is 83.4 Å². The molecule has 0 radical (unpaired) electrons. The van der Waals surface area contributed by atoms with E-state index in [-0.39, 0.29) is 23.9 Å². The Morgan fingerprint density at radius 3 is 2.69 bits per heavy atom. The van der Waals surface area contributed by atoms with Crippen LogP contribution in [0.2, 0.25) is 0 Å². The van der Waals surface area contributed by atoms with Crippen LogP contribution in [0.4, 0.5) is 5.95 Å². The summed E-state index contributed by atoms with van der Waals surface area (Å²) in [5, 5.41) is 7.38. The SMILES string of the molecule is Cc1noc(C)c1-c1ccc2nc(N3CC(NC(=O)C4CCC4)C3)n3c2c1OC[C@@H]3c1ccccn1. The summed E-state index contributed by atoms with van der Waals surface area (Å²) in [4.78, 5) is 24.4. The third-order valence-electron chi connectivity index (χ3n) is 7.80. The van der Waals surface area contributed by atoms with Crippen LogP contribution in [0.5, 0.6) is 5.75 Å². The largest absolute Gasteiger partial charge is 0.488 e. The van der Waals surface area contributed by atoms with Crippen molar-refractivity contribution in [3.8, 4) is 16.9 Å². The summed E-state index contributed by atoms with van der Waals surface area (Å²) in [6.07, 6.45) is 5.00. The molecule has 1 N–H and O–H groups in total. The number of rotatable bonds is 5. The number of ether oxygens (including phenoxy) is 1. The van der Waals surface area contributed by atoms with E-state index in [9.17, 15) is 4.79 Å². The lowest BCUT2D eigenvalue weighted by molar-refractivity contribution is -0.128. The minimum Gasteiger partial charge on any atom is -0.488 e. The van der Waals surface area contributed by atoms with Crippen LogP contribution in [0.25, 0.3) is 22.2 Å². The molecule has 7 rings (SSSR count). The molecule has 1 atom stereocenters. The molecule has 2 aliphatic heterocycles. The Bertz CT molecular complexity index is 1450. The molecule has 2 fully saturated rings. The van der Waals surface area contributed by atoms with Gasteiger partial charge in [0.2, 0.25) is 11.9 Å². The summed E-state index contributed by atoms with van der Waals surface area (Å²) < 4.78 is 14.2. The Morgan fingerprint density at radius 1 is 1.14 bits per heavy atom. The third-order valence-corrected chi connectivity index (χ3v) is 7.80. The number of nitrogens with zero attached hydrogens (tertiary/aromatic N) is 5. The van der Waals surface area contributed by atoms with Crippen LogP contribution in [0.15, 0.2) is 41.1 Å². The summed E-state index contributed by atoms with van der Waals surface area (Å²) in [5.41, 5.74) is 5.50. The molecule has 36 heavy (non-hydrogen) atoms. The van der Waals surface area contributed by atoms with Gasteiger partial charge in [-0.3, -0.25) is 14.3 Å². The Balaban J connectivity index is 1.30. The second kappa shape index (κ2) is 8.08. The van der Waals surface area contributed by atoms with Gasteiger partial charge < -0.3 is 19.5 Å². The van der Waals surface area contributed by atoms with E-state index >= 15 is 0 Å². The summed E-state index contributed by atoms with van der Waals surface area (Å²) >= 11 is 0. The Morgan fingerprint density at radius 2 is 2.00 bits per heavy atom. The predicted octanol–water partition coefficient (Wildman–Crippen LogP) is 3.79. The molecule has 1 aliphatic carbocycles. The first-order valence-electron chi connectivity index (χ1n) is 12.7. The molecule has 1 saturated carbocycles. The zero-order valence-corrected chi connectivity index (χ0v) is 20.4. The number of benzene rings is 1. The number of pyridine rings is 1. The molecule has 4 aromatic rings. The van der Waals surface area contributed by atoms with Gasteiger partial charge in [-0.1, -0.05) is 17.6 Å². The molecule has 0 bridgehead atoms. The lowest BCUT2D eigenvalue weighted by atomic mass is 9.84. The number of anilines is 1. The smallest absolute Gasteiger partial charge is 0.223 e. The maximum absolute atomic E-state index is 12.4. The average Bonchev–Trinajstić information content (AvgIpc) is 3.37. The maximum Gasteiger partial charge on any atom is 0.223 e. The highest BCUT2D eigenvalue weighted by Crippen LogP contribution is 2.46. The van der Waals surface area contributed by atoms with E-state index in [0.29, 0.717) is 6.61 Å². The monoisotopic (exact) mass is 484 g/mol. The number of hydrogen-bond acceptors (Lipinski definition) is 7. The molecule has 0 spiro atoms. The van der Waals surface area contributed by atoms with Gasteiger partial charge in [-0.15, -0.1) is 0 Å². The summed E-state index contributed by atoms with van der Waals surface area (Å²) in [7, 11) is 0. The molecule has 9 heteroatoms. The van der Waals surface area contributed by atoms with Crippen molar-refractivity contribution < 1.29 is 14.1 Å². The van der Waals surface area contributed by atoms with Crippen molar-refractivity contribution in [1.29, 1.82) is 0 Å². The van der Waals surface area contributed by atoms with Crippen LogP contribution in [0, 0.1) is 19.8 Å². The Labute approximate surface area is 208 Å². The fourth-order valence-corrected chi connectivity index (χ4v) is 5.62. The van der Waals surface area contributed by atoms with Crippen molar-refractivity contribution in [1.82, 2.24) is 25.0 Å². The van der Waals surface area contributed by atoms with Gasteiger partial charge in [-0.2, -0.15) is 0 Å². The Hall–Kier alpha value is -3.88. The number of imidazole rings is 1. The van der Waals surface area contributed by atoms with Crippen LogP contribution in [0.3, 0.4) is 0 Å². The van der Waals surface area contributed by atoms with Crippen LogP contribution < -0.4 is 15.0 Å². The zero-order chi connectivity index (χ0) is 24.4. The second-order valence-electron chi connectivity index (χ2n) is 10.1. The van der Waals surface area contributed by atoms with E-state index < -0.39 is 0 Å². The number of carbonyl (C=O) groups excluding carboxylic acids is 1. The molecular formula is C27H28N6O3. The minimum absolute atomic E-state index is 0.109. The Kier molecular flexibility index (Phi) is 4.80. The lowest BCUT2D eigenvalue weighted by Crippen LogP contribution is -2.61. The highest BCUT2D eigenvalue weighted by molar-refractivity contribution is 5.94.